The molecule has 1 heterocycles. The molecule has 1 aliphatic heterocycles. The molecule has 1 aromatic carbocycles. The minimum atomic E-state index is -0.224. The van der Waals surface area contributed by atoms with Gasteiger partial charge in [0.05, 0.1) is 12.0 Å². The highest BCUT2D eigenvalue weighted by molar-refractivity contribution is 9.10. The van der Waals surface area contributed by atoms with Gasteiger partial charge in [-0.25, -0.2) is 0 Å². The van der Waals surface area contributed by atoms with Crippen molar-refractivity contribution in [1.29, 1.82) is 0 Å². The molecule has 2 nitrogen and oxygen atoms in total. The first-order valence-corrected chi connectivity index (χ1v) is 6.96. The molecular weight excluding hydrogens is 280 g/mol. The molecule has 1 aliphatic carbocycles. The fraction of sp³-hybridized carbons (Fsp3) is 0.500. The Morgan fingerprint density at radius 1 is 1.47 bits per heavy atom. The van der Waals surface area contributed by atoms with Gasteiger partial charge in [0.1, 0.15) is 11.4 Å². The Morgan fingerprint density at radius 3 is 2.88 bits per heavy atom. The number of rotatable bonds is 2. The molecule has 1 atom stereocenters. The Bertz CT molecular complexity index is 479. The molecule has 1 saturated carbocycles. The number of benzene rings is 1. The summed E-state index contributed by atoms with van der Waals surface area (Å²) in [6.45, 7) is 2.12. The highest BCUT2D eigenvalue weighted by Crippen LogP contribution is 2.49. The topological polar surface area (TPSA) is 26.3 Å². The minimum Gasteiger partial charge on any atom is -0.486 e. The maximum atomic E-state index is 12.2. The molecule has 0 spiro atoms. The van der Waals surface area contributed by atoms with Crippen molar-refractivity contribution in [2.75, 3.05) is 0 Å². The van der Waals surface area contributed by atoms with Gasteiger partial charge >= 0.3 is 0 Å². The number of carbonyl (C=O) groups excluding carboxylic acids is 1. The number of halogens is 1. The first-order chi connectivity index (χ1) is 8.14. The van der Waals surface area contributed by atoms with Crippen LogP contribution in [0, 0.1) is 5.92 Å². The Morgan fingerprint density at radius 2 is 2.24 bits per heavy atom. The Balaban J connectivity index is 2.02. The third-order valence-corrected chi connectivity index (χ3v) is 4.43. The molecule has 1 unspecified atom stereocenters. The Hall–Kier alpha value is -0.830. The first kappa shape index (κ1) is 11.3. The van der Waals surface area contributed by atoms with Gasteiger partial charge in [0, 0.05) is 4.47 Å². The Kier molecular flexibility index (Phi) is 2.54. The van der Waals surface area contributed by atoms with E-state index in [0.29, 0.717) is 12.3 Å². The van der Waals surface area contributed by atoms with E-state index in [1.807, 2.05) is 18.2 Å². The van der Waals surface area contributed by atoms with Gasteiger partial charge < -0.3 is 4.74 Å². The van der Waals surface area contributed by atoms with E-state index < -0.39 is 0 Å². The summed E-state index contributed by atoms with van der Waals surface area (Å²) in [7, 11) is 0. The molecular formula is C14H15BrO2. The molecule has 2 aliphatic rings. The van der Waals surface area contributed by atoms with Crippen LogP contribution in [0.3, 0.4) is 0 Å². The van der Waals surface area contributed by atoms with Crippen LogP contribution in [-0.2, 0) is 0 Å². The summed E-state index contributed by atoms with van der Waals surface area (Å²) < 4.78 is 7.11. The molecule has 3 rings (SSSR count). The number of carbonyl (C=O) groups is 1. The zero-order valence-electron chi connectivity index (χ0n) is 9.83. The fourth-order valence-electron chi connectivity index (χ4n) is 2.75. The van der Waals surface area contributed by atoms with Crippen LogP contribution in [-0.4, -0.2) is 11.4 Å². The van der Waals surface area contributed by atoms with Gasteiger partial charge in [-0.05, 0) is 43.4 Å². The lowest BCUT2D eigenvalue weighted by atomic mass is 9.84. The molecule has 17 heavy (non-hydrogen) atoms. The van der Waals surface area contributed by atoms with Crippen LogP contribution < -0.4 is 4.74 Å². The molecule has 1 fully saturated rings. The third-order valence-electron chi connectivity index (χ3n) is 3.93. The normalized spacial score (nSPS) is 27.5. The van der Waals surface area contributed by atoms with Gasteiger partial charge in [0.15, 0.2) is 5.78 Å². The third kappa shape index (κ3) is 1.81. The molecule has 1 aromatic rings. The smallest absolute Gasteiger partial charge is 0.170 e. The van der Waals surface area contributed by atoms with Crippen molar-refractivity contribution in [3.05, 3.63) is 28.2 Å². The summed E-state index contributed by atoms with van der Waals surface area (Å²) in [4.78, 5) is 12.2. The Labute approximate surface area is 109 Å². The average molecular weight is 295 g/mol. The SMILES string of the molecule is CCC1(C2CC2)CC(=O)c2cc(Br)ccc2O1. The van der Waals surface area contributed by atoms with Crippen LogP contribution in [0.5, 0.6) is 5.75 Å². The number of Topliss-reactive ketones (excluding diaryl/α,β-unsaturated/α-hetero) is 1. The maximum Gasteiger partial charge on any atom is 0.170 e. The molecule has 3 heteroatoms. The van der Waals surface area contributed by atoms with Crippen molar-refractivity contribution in [1.82, 2.24) is 0 Å². The molecule has 0 bridgehead atoms. The lowest BCUT2D eigenvalue weighted by Gasteiger charge is -2.37. The summed E-state index contributed by atoms with van der Waals surface area (Å²) in [5, 5.41) is 0. The van der Waals surface area contributed by atoms with Crippen LogP contribution in [0.15, 0.2) is 22.7 Å². The van der Waals surface area contributed by atoms with Crippen LogP contribution >= 0.6 is 15.9 Å². The lowest BCUT2D eigenvalue weighted by molar-refractivity contribution is 0.0213. The van der Waals surface area contributed by atoms with E-state index in [1.54, 1.807) is 0 Å². The van der Waals surface area contributed by atoms with Crippen molar-refractivity contribution in [3.8, 4) is 5.75 Å². The summed E-state index contributed by atoms with van der Waals surface area (Å²) in [5.41, 5.74) is 0.502. The number of ether oxygens (including phenoxy) is 1. The first-order valence-electron chi connectivity index (χ1n) is 6.16. The number of hydrogen-bond acceptors (Lipinski definition) is 2. The second-order valence-electron chi connectivity index (χ2n) is 5.04. The van der Waals surface area contributed by atoms with Gasteiger partial charge in [-0.1, -0.05) is 22.9 Å². The van der Waals surface area contributed by atoms with E-state index in [1.165, 1.54) is 12.8 Å². The van der Waals surface area contributed by atoms with Gasteiger partial charge in [0.25, 0.3) is 0 Å². The van der Waals surface area contributed by atoms with Gasteiger partial charge in [-0.2, -0.15) is 0 Å². The molecule has 0 N–H and O–H groups in total. The highest BCUT2D eigenvalue weighted by atomic mass is 79.9. The standard InChI is InChI=1S/C14H15BrO2/c1-2-14(9-3-4-9)8-12(16)11-7-10(15)5-6-13(11)17-14/h5-7,9H,2-4,8H2,1H3. The van der Waals surface area contributed by atoms with E-state index in [9.17, 15) is 4.79 Å². The summed E-state index contributed by atoms with van der Waals surface area (Å²) in [6.07, 6.45) is 3.86. The molecule has 90 valence electrons. The van der Waals surface area contributed by atoms with E-state index in [0.717, 1.165) is 22.2 Å². The van der Waals surface area contributed by atoms with E-state index in [4.69, 9.17) is 4.74 Å². The van der Waals surface area contributed by atoms with Crippen LogP contribution in [0.4, 0.5) is 0 Å². The molecule has 0 amide bonds. The minimum absolute atomic E-state index is 0.223. The largest absolute Gasteiger partial charge is 0.486 e. The molecule has 0 radical (unpaired) electrons. The summed E-state index contributed by atoms with van der Waals surface area (Å²) >= 11 is 3.40. The number of fused-ring (bicyclic) bond motifs is 1. The van der Waals surface area contributed by atoms with Crippen molar-refractivity contribution in [3.63, 3.8) is 0 Å². The molecule has 0 saturated heterocycles. The monoisotopic (exact) mass is 294 g/mol. The zero-order valence-corrected chi connectivity index (χ0v) is 11.4. The number of hydrogen-bond donors (Lipinski definition) is 0. The van der Waals surface area contributed by atoms with E-state index >= 15 is 0 Å². The van der Waals surface area contributed by atoms with Crippen LogP contribution in [0.2, 0.25) is 0 Å². The average Bonchev–Trinajstić information content (AvgIpc) is 3.14. The van der Waals surface area contributed by atoms with Crippen LogP contribution in [0.25, 0.3) is 0 Å². The highest BCUT2D eigenvalue weighted by Gasteiger charge is 2.50. The quantitative estimate of drug-likeness (QED) is 0.825. The van der Waals surface area contributed by atoms with Crippen molar-refractivity contribution >= 4 is 21.7 Å². The van der Waals surface area contributed by atoms with E-state index in [-0.39, 0.29) is 11.4 Å². The van der Waals surface area contributed by atoms with Crippen molar-refractivity contribution in [2.45, 2.75) is 38.2 Å². The van der Waals surface area contributed by atoms with Gasteiger partial charge in [-0.15, -0.1) is 0 Å². The number of ketones is 1. The summed E-state index contributed by atoms with van der Waals surface area (Å²) in [5.74, 6) is 1.56. The lowest BCUT2D eigenvalue weighted by Crippen LogP contribution is -2.43. The van der Waals surface area contributed by atoms with Crippen molar-refractivity contribution in [2.24, 2.45) is 5.92 Å². The zero-order chi connectivity index (χ0) is 12.0. The van der Waals surface area contributed by atoms with Gasteiger partial charge in [-0.3, -0.25) is 4.79 Å². The second-order valence-corrected chi connectivity index (χ2v) is 5.95. The van der Waals surface area contributed by atoms with Gasteiger partial charge in [0.2, 0.25) is 0 Å². The predicted molar refractivity (Wildman–Crippen MR) is 69.5 cm³/mol. The van der Waals surface area contributed by atoms with Crippen molar-refractivity contribution < 1.29 is 9.53 Å². The predicted octanol–water partition coefficient (Wildman–Crippen LogP) is 3.97. The van der Waals surface area contributed by atoms with Crippen LogP contribution in [0.1, 0.15) is 43.0 Å². The fourth-order valence-corrected chi connectivity index (χ4v) is 3.12. The van der Waals surface area contributed by atoms with E-state index in [2.05, 4.69) is 22.9 Å². The molecule has 0 aromatic heterocycles. The maximum absolute atomic E-state index is 12.2. The second kappa shape index (κ2) is 3.84. The summed E-state index contributed by atoms with van der Waals surface area (Å²) in [6, 6.07) is 5.71.